The van der Waals surface area contributed by atoms with Crippen molar-refractivity contribution in [3.63, 3.8) is 0 Å². The van der Waals surface area contributed by atoms with Gasteiger partial charge < -0.3 is 18.9 Å². The first-order valence-corrected chi connectivity index (χ1v) is 6.72. The number of aromatic amines is 1. The number of ether oxygens (including phenoxy) is 2. The normalized spacial score (nSPS) is 14.4. The average molecular weight is 291 g/mol. The minimum atomic E-state index is 0.336. The zero-order valence-corrected chi connectivity index (χ0v) is 11.2. The van der Waals surface area contributed by atoms with Crippen LogP contribution in [0.4, 0.5) is 0 Å². The first-order chi connectivity index (χ1) is 9.79. The Bertz CT molecular complexity index is 735. The van der Waals surface area contributed by atoms with Crippen LogP contribution in [0.3, 0.4) is 0 Å². The molecule has 0 amide bonds. The molecule has 1 aromatic carbocycles. The summed E-state index contributed by atoms with van der Waals surface area (Å²) in [5.74, 6) is 2.70. The van der Waals surface area contributed by atoms with Crippen molar-refractivity contribution in [2.75, 3.05) is 13.2 Å². The zero-order chi connectivity index (χ0) is 13.5. The monoisotopic (exact) mass is 290 g/mol. The maximum atomic E-state index is 5.78. The van der Waals surface area contributed by atoms with Crippen molar-refractivity contribution < 1.29 is 13.9 Å². The van der Waals surface area contributed by atoms with Gasteiger partial charge in [-0.2, -0.15) is 0 Å². The number of imidazole rings is 1. The van der Waals surface area contributed by atoms with E-state index in [2.05, 4.69) is 9.97 Å². The molecule has 0 radical (unpaired) electrons. The highest BCUT2D eigenvalue weighted by Crippen LogP contribution is 2.34. The molecular weight excluding hydrogens is 280 g/mol. The Morgan fingerprint density at radius 2 is 1.90 bits per heavy atom. The molecule has 0 unspecified atom stereocenters. The Kier molecular flexibility index (Phi) is 2.60. The largest absolute Gasteiger partial charge is 0.489 e. The number of rotatable bonds is 1. The summed E-state index contributed by atoms with van der Waals surface area (Å²) >= 11 is 5.78. The van der Waals surface area contributed by atoms with Crippen LogP contribution >= 0.6 is 11.6 Å². The first kappa shape index (κ1) is 11.7. The van der Waals surface area contributed by atoms with Gasteiger partial charge in [0.15, 0.2) is 28.3 Å². The van der Waals surface area contributed by atoms with E-state index in [1.54, 1.807) is 12.1 Å². The molecule has 0 saturated carbocycles. The summed E-state index contributed by atoms with van der Waals surface area (Å²) in [6.45, 7) is 1.32. The van der Waals surface area contributed by atoms with E-state index < -0.39 is 0 Å². The second-order valence-electron chi connectivity index (χ2n) is 4.56. The first-order valence-electron chi connectivity index (χ1n) is 6.35. The molecule has 0 aliphatic carbocycles. The van der Waals surface area contributed by atoms with Gasteiger partial charge in [-0.1, -0.05) is 0 Å². The lowest BCUT2D eigenvalue weighted by molar-refractivity contribution is 0.297. The molecular formula is C14H11ClN2O3. The summed E-state index contributed by atoms with van der Waals surface area (Å²) in [6.07, 6.45) is 0.881. The quantitative estimate of drug-likeness (QED) is 0.743. The van der Waals surface area contributed by atoms with Crippen LogP contribution in [-0.2, 0) is 0 Å². The van der Waals surface area contributed by atoms with Gasteiger partial charge in [0, 0.05) is 18.6 Å². The number of nitrogens with zero attached hydrogens (tertiary/aromatic N) is 1. The van der Waals surface area contributed by atoms with Gasteiger partial charge in [-0.15, -0.1) is 0 Å². The van der Waals surface area contributed by atoms with Crippen LogP contribution in [-0.4, -0.2) is 23.2 Å². The van der Waals surface area contributed by atoms with E-state index in [1.165, 1.54) is 0 Å². The third-order valence-electron chi connectivity index (χ3n) is 3.16. The molecule has 0 saturated heterocycles. The van der Waals surface area contributed by atoms with Gasteiger partial charge in [-0.05, 0) is 23.7 Å². The molecule has 0 atom stereocenters. The van der Waals surface area contributed by atoms with Gasteiger partial charge in [-0.25, -0.2) is 4.98 Å². The van der Waals surface area contributed by atoms with E-state index in [0.29, 0.717) is 30.0 Å². The number of H-pyrrole nitrogens is 1. The third kappa shape index (κ3) is 1.91. The lowest BCUT2D eigenvalue weighted by Gasteiger charge is -2.05. The summed E-state index contributed by atoms with van der Waals surface area (Å²) < 4.78 is 16.7. The Morgan fingerprint density at radius 1 is 1.10 bits per heavy atom. The molecule has 1 N–H and O–H groups in total. The number of nitrogens with one attached hydrogen (secondary N) is 1. The van der Waals surface area contributed by atoms with E-state index >= 15 is 0 Å². The molecule has 0 fully saturated rings. The van der Waals surface area contributed by atoms with Crippen LogP contribution in [0, 0.1) is 0 Å². The summed E-state index contributed by atoms with van der Waals surface area (Å²) in [6, 6.07) is 7.24. The van der Waals surface area contributed by atoms with Crippen LogP contribution in [0.5, 0.6) is 11.5 Å². The van der Waals surface area contributed by atoms with E-state index in [0.717, 1.165) is 29.0 Å². The number of hydrogen-bond acceptors (Lipinski definition) is 4. The fourth-order valence-electron chi connectivity index (χ4n) is 2.22. The molecule has 3 aromatic rings. The molecule has 20 heavy (non-hydrogen) atoms. The minimum absolute atomic E-state index is 0.336. The highest BCUT2D eigenvalue weighted by atomic mass is 35.5. The molecule has 3 heterocycles. The third-order valence-corrected chi connectivity index (χ3v) is 3.36. The SMILES string of the molecule is Clc1ccc(-c2nc3cc4c(cc3[nH]2)OCCCO4)o1. The van der Waals surface area contributed by atoms with Crippen LogP contribution in [0.1, 0.15) is 6.42 Å². The lowest BCUT2D eigenvalue weighted by Crippen LogP contribution is -1.97. The van der Waals surface area contributed by atoms with E-state index in [9.17, 15) is 0 Å². The maximum absolute atomic E-state index is 5.78. The van der Waals surface area contributed by atoms with Crippen LogP contribution in [0.15, 0.2) is 28.7 Å². The topological polar surface area (TPSA) is 60.3 Å². The van der Waals surface area contributed by atoms with Crippen LogP contribution < -0.4 is 9.47 Å². The predicted molar refractivity (Wildman–Crippen MR) is 74.4 cm³/mol. The van der Waals surface area contributed by atoms with Crippen molar-refractivity contribution in [2.45, 2.75) is 6.42 Å². The second-order valence-corrected chi connectivity index (χ2v) is 4.93. The molecule has 0 bridgehead atoms. The fourth-order valence-corrected chi connectivity index (χ4v) is 2.37. The smallest absolute Gasteiger partial charge is 0.194 e. The van der Waals surface area contributed by atoms with Gasteiger partial charge in [0.1, 0.15) is 0 Å². The minimum Gasteiger partial charge on any atom is -0.489 e. The number of benzene rings is 1. The maximum Gasteiger partial charge on any atom is 0.194 e. The fraction of sp³-hybridized carbons (Fsp3) is 0.214. The Hall–Kier alpha value is -2.14. The number of aromatic nitrogens is 2. The van der Waals surface area contributed by atoms with Crippen LogP contribution in [0.2, 0.25) is 5.22 Å². The molecule has 2 aromatic heterocycles. The van der Waals surface area contributed by atoms with Gasteiger partial charge in [0.2, 0.25) is 0 Å². The Labute approximate surface area is 119 Å². The lowest BCUT2D eigenvalue weighted by atomic mass is 10.3. The van der Waals surface area contributed by atoms with E-state index in [-0.39, 0.29) is 0 Å². The van der Waals surface area contributed by atoms with Gasteiger partial charge in [0.25, 0.3) is 0 Å². The zero-order valence-electron chi connectivity index (χ0n) is 10.5. The standard InChI is InChI=1S/C14H11ClN2O3/c15-13-3-2-10(20-13)14-16-8-6-11-12(7-9(8)17-14)19-5-1-4-18-11/h2-3,6-7H,1,4-5H2,(H,16,17). The average Bonchev–Trinajstić information content (AvgIpc) is 2.97. The van der Waals surface area contributed by atoms with Crippen molar-refractivity contribution in [2.24, 2.45) is 0 Å². The summed E-state index contributed by atoms with van der Waals surface area (Å²) in [7, 11) is 0. The van der Waals surface area contributed by atoms with Crippen molar-refractivity contribution in [3.05, 3.63) is 29.5 Å². The van der Waals surface area contributed by atoms with E-state index in [4.69, 9.17) is 25.5 Å². The molecule has 102 valence electrons. The highest BCUT2D eigenvalue weighted by Gasteiger charge is 2.15. The molecule has 0 spiro atoms. The molecule has 1 aliphatic rings. The van der Waals surface area contributed by atoms with Crippen molar-refractivity contribution >= 4 is 22.6 Å². The van der Waals surface area contributed by atoms with Gasteiger partial charge >= 0.3 is 0 Å². The predicted octanol–water partition coefficient (Wildman–Crippen LogP) is 3.64. The van der Waals surface area contributed by atoms with Crippen molar-refractivity contribution in [1.82, 2.24) is 9.97 Å². The summed E-state index contributed by atoms with van der Waals surface area (Å²) in [4.78, 5) is 7.69. The number of furan rings is 1. The molecule has 4 rings (SSSR count). The van der Waals surface area contributed by atoms with Gasteiger partial charge in [-0.3, -0.25) is 0 Å². The number of fused-ring (bicyclic) bond motifs is 2. The Morgan fingerprint density at radius 3 is 2.65 bits per heavy atom. The van der Waals surface area contributed by atoms with E-state index in [1.807, 2.05) is 12.1 Å². The summed E-state index contributed by atoms with van der Waals surface area (Å²) in [5, 5.41) is 0.336. The second kappa shape index (κ2) is 4.45. The summed E-state index contributed by atoms with van der Waals surface area (Å²) in [5.41, 5.74) is 1.67. The number of halogens is 1. The molecule has 5 nitrogen and oxygen atoms in total. The molecule has 1 aliphatic heterocycles. The molecule has 6 heteroatoms. The van der Waals surface area contributed by atoms with Crippen molar-refractivity contribution in [3.8, 4) is 23.1 Å². The van der Waals surface area contributed by atoms with Gasteiger partial charge in [0.05, 0.1) is 24.2 Å². The van der Waals surface area contributed by atoms with Crippen molar-refractivity contribution in [1.29, 1.82) is 0 Å². The number of hydrogen-bond donors (Lipinski definition) is 1. The van der Waals surface area contributed by atoms with Crippen LogP contribution in [0.25, 0.3) is 22.6 Å². The highest BCUT2D eigenvalue weighted by molar-refractivity contribution is 6.28. The Balaban J connectivity index is 1.83.